The Morgan fingerprint density at radius 2 is 1.71 bits per heavy atom. The molecule has 0 fully saturated rings. The van der Waals surface area contributed by atoms with Crippen LogP contribution in [-0.2, 0) is 9.53 Å². The van der Waals surface area contributed by atoms with Crippen LogP contribution in [0.4, 0.5) is 9.80 Å². The van der Waals surface area contributed by atoms with Gasteiger partial charge < -0.3 is 20.1 Å². The molecule has 0 spiro atoms. The van der Waals surface area contributed by atoms with Gasteiger partial charge in [0, 0.05) is 13.0 Å². The van der Waals surface area contributed by atoms with E-state index in [2.05, 4.69) is 21.8 Å². The van der Waals surface area contributed by atoms with Gasteiger partial charge in [-0.05, 0) is 47.1 Å². The fourth-order valence-electron chi connectivity index (χ4n) is 4.50. The van der Waals surface area contributed by atoms with Crippen LogP contribution in [0, 0.1) is 6.92 Å². The van der Waals surface area contributed by atoms with Gasteiger partial charge in [0.15, 0.2) is 0 Å². The number of nitrogens with one attached hydrogen (secondary N) is 1. The van der Waals surface area contributed by atoms with Crippen molar-refractivity contribution in [2.24, 2.45) is 0 Å². The molecule has 8 nitrogen and oxygen atoms in total. The Hall–Kier alpha value is -3.72. The van der Waals surface area contributed by atoms with Crippen molar-refractivity contribution in [1.82, 2.24) is 9.69 Å². The number of aryl methyl sites for hydroxylation is 1. The molecular formula is C26H27N3O5S. The number of fused-ring (bicyclic) bond motifs is 3. The number of ether oxygens (including phenoxy) is 1. The van der Waals surface area contributed by atoms with Crippen LogP contribution in [0.25, 0.3) is 11.1 Å². The molecule has 4 rings (SSSR count). The van der Waals surface area contributed by atoms with Crippen LogP contribution in [0.2, 0.25) is 0 Å². The van der Waals surface area contributed by atoms with Gasteiger partial charge in [-0.25, -0.2) is 9.59 Å². The topological polar surface area (TPSA) is 109 Å². The van der Waals surface area contributed by atoms with Crippen molar-refractivity contribution in [1.29, 1.82) is 0 Å². The Bertz CT molecular complexity index is 1230. The van der Waals surface area contributed by atoms with Gasteiger partial charge in [-0.15, -0.1) is 0 Å². The van der Waals surface area contributed by atoms with E-state index in [9.17, 15) is 19.5 Å². The van der Waals surface area contributed by atoms with Crippen molar-refractivity contribution in [3.8, 4) is 11.1 Å². The lowest BCUT2D eigenvalue weighted by Crippen LogP contribution is -2.47. The van der Waals surface area contributed by atoms with Gasteiger partial charge in [-0.2, -0.15) is 4.37 Å². The molecule has 1 aliphatic rings. The molecule has 0 aliphatic heterocycles. The first-order chi connectivity index (χ1) is 16.8. The monoisotopic (exact) mass is 493 g/mol. The summed E-state index contributed by atoms with van der Waals surface area (Å²) in [5.41, 5.74) is 4.79. The van der Waals surface area contributed by atoms with Gasteiger partial charge in [0.1, 0.15) is 23.2 Å². The fourth-order valence-corrected chi connectivity index (χ4v) is 5.35. The predicted molar refractivity (Wildman–Crippen MR) is 134 cm³/mol. The smallest absolute Gasteiger partial charge is 0.407 e. The summed E-state index contributed by atoms with van der Waals surface area (Å²) in [5, 5.41) is 12.4. The predicted octanol–water partition coefficient (Wildman–Crippen LogP) is 4.82. The molecule has 1 atom stereocenters. The zero-order chi connectivity index (χ0) is 25.1. The summed E-state index contributed by atoms with van der Waals surface area (Å²) >= 11 is 0.940. The van der Waals surface area contributed by atoms with Crippen LogP contribution in [0.15, 0.2) is 48.5 Å². The summed E-state index contributed by atoms with van der Waals surface area (Å²) in [7, 11) is 1.49. The average Bonchev–Trinajstić information content (AvgIpc) is 3.39. The maximum absolute atomic E-state index is 13.2. The maximum atomic E-state index is 13.2. The molecule has 1 aromatic heterocycles. The van der Waals surface area contributed by atoms with Crippen LogP contribution in [0.5, 0.6) is 0 Å². The molecule has 1 aliphatic carbocycles. The number of nitrogens with zero attached hydrogens (tertiary/aromatic N) is 2. The minimum absolute atomic E-state index is 0.0118. The molecule has 35 heavy (non-hydrogen) atoms. The van der Waals surface area contributed by atoms with E-state index in [0.29, 0.717) is 18.5 Å². The first-order valence-corrected chi connectivity index (χ1v) is 12.2. The van der Waals surface area contributed by atoms with E-state index < -0.39 is 24.0 Å². The number of likely N-dealkylation sites (N-methyl/N-ethyl adjacent to an activating group) is 1. The standard InChI is InChI=1S/C26H27N3O5S/c1-4-9-21(23(30)29(3)24-22(25(31)32)15(2)28-35-24)27-26(33)34-14-20-18-12-7-5-10-16(18)17-11-6-8-13-19(17)20/h5-8,10-13,20-21H,4,9,14H2,1-3H3,(H,27,33)(H,31,32). The molecule has 0 saturated heterocycles. The highest BCUT2D eigenvalue weighted by Crippen LogP contribution is 2.44. The van der Waals surface area contributed by atoms with Crippen LogP contribution >= 0.6 is 11.5 Å². The van der Waals surface area contributed by atoms with Crippen molar-refractivity contribution in [2.75, 3.05) is 18.6 Å². The first-order valence-electron chi connectivity index (χ1n) is 11.4. The van der Waals surface area contributed by atoms with E-state index in [0.717, 1.165) is 33.8 Å². The highest BCUT2D eigenvalue weighted by molar-refractivity contribution is 7.11. The Labute approximate surface area is 207 Å². The zero-order valence-electron chi connectivity index (χ0n) is 19.8. The number of rotatable bonds is 8. The van der Waals surface area contributed by atoms with Crippen LogP contribution in [-0.4, -0.2) is 47.1 Å². The second kappa shape index (κ2) is 10.3. The molecule has 0 radical (unpaired) electrons. The molecule has 3 aromatic rings. The molecular weight excluding hydrogens is 466 g/mol. The first kappa shape index (κ1) is 24.4. The summed E-state index contributed by atoms with van der Waals surface area (Å²) in [5.74, 6) is -1.66. The molecule has 0 saturated carbocycles. The van der Waals surface area contributed by atoms with Crippen molar-refractivity contribution in [3.05, 3.63) is 70.9 Å². The maximum Gasteiger partial charge on any atom is 0.407 e. The van der Waals surface area contributed by atoms with Gasteiger partial charge in [0.05, 0.1) is 5.69 Å². The van der Waals surface area contributed by atoms with Crippen molar-refractivity contribution in [3.63, 3.8) is 0 Å². The van der Waals surface area contributed by atoms with Gasteiger partial charge in [-0.1, -0.05) is 61.9 Å². The van der Waals surface area contributed by atoms with Crippen molar-refractivity contribution >= 4 is 34.5 Å². The SMILES string of the molecule is CCCC(NC(=O)OCC1c2ccccc2-c2ccccc21)C(=O)N(C)c1snc(C)c1C(=O)O. The molecule has 0 bridgehead atoms. The molecule has 2 aromatic carbocycles. The summed E-state index contributed by atoms with van der Waals surface area (Å²) in [6.45, 7) is 3.62. The minimum atomic E-state index is -1.15. The lowest BCUT2D eigenvalue weighted by atomic mass is 9.98. The number of benzene rings is 2. The van der Waals surface area contributed by atoms with Crippen molar-refractivity contribution in [2.45, 2.75) is 38.6 Å². The van der Waals surface area contributed by atoms with Gasteiger partial charge in [0.25, 0.3) is 0 Å². The Morgan fingerprint density at radius 1 is 1.11 bits per heavy atom. The average molecular weight is 494 g/mol. The van der Waals surface area contributed by atoms with Crippen LogP contribution in [0.1, 0.15) is 52.9 Å². The van der Waals surface area contributed by atoms with Crippen LogP contribution < -0.4 is 10.2 Å². The lowest BCUT2D eigenvalue weighted by Gasteiger charge is -2.24. The van der Waals surface area contributed by atoms with Gasteiger partial charge in [0.2, 0.25) is 5.91 Å². The molecule has 182 valence electrons. The largest absolute Gasteiger partial charge is 0.478 e. The molecule has 2 amide bonds. The van der Waals surface area contributed by atoms with E-state index in [1.165, 1.54) is 11.9 Å². The van der Waals surface area contributed by atoms with Crippen LogP contribution in [0.3, 0.4) is 0 Å². The second-order valence-corrected chi connectivity index (χ2v) is 9.21. The minimum Gasteiger partial charge on any atom is -0.478 e. The van der Waals surface area contributed by atoms with E-state index in [4.69, 9.17) is 4.74 Å². The highest BCUT2D eigenvalue weighted by atomic mass is 32.1. The number of anilines is 1. The Morgan fingerprint density at radius 3 is 2.29 bits per heavy atom. The Balaban J connectivity index is 1.45. The number of carbonyl (C=O) groups excluding carboxylic acids is 2. The van der Waals surface area contributed by atoms with E-state index in [-0.39, 0.29) is 23.1 Å². The number of aromatic carboxylic acids is 1. The lowest BCUT2D eigenvalue weighted by molar-refractivity contribution is -0.120. The summed E-state index contributed by atoms with van der Waals surface area (Å²) in [6.07, 6.45) is 0.334. The van der Waals surface area contributed by atoms with E-state index in [1.807, 2.05) is 43.3 Å². The number of carboxylic acids is 1. The normalized spacial score (nSPS) is 13.0. The molecule has 2 N–H and O–H groups in total. The fraction of sp³-hybridized carbons (Fsp3) is 0.308. The number of hydrogen-bond acceptors (Lipinski definition) is 6. The van der Waals surface area contributed by atoms with E-state index >= 15 is 0 Å². The summed E-state index contributed by atoms with van der Waals surface area (Å²) in [4.78, 5) is 38.8. The summed E-state index contributed by atoms with van der Waals surface area (Å²) < 4.78 is 9.67. The second-order valence-electron chi connectivity index (χ2n) is 8.46. The highest BCUT2D eigenvalue weighted by Gasteiger charge is 2.31. The molecule has 1 heterocycles. The number of carbonyl (C=O) groups is 3. The third kappa shape index (κ3) is 4.77. The molecule has 1 unspecified atom stereocenters. The summed E-state index contributed by atoms with van der Waals surface area (Å²) in [6, 6.07) is 15.3. The third-order valence-corrected chi connectivity index (χ3v) is 7.22. The van der Waals surface area contributed by atoms with Gasteiger partial charge >= 0.3 is 12.1 Å². The van der Waals surface area contributed by atoms with Crippen molar-refractivity contribution < 1.29 is 24.2 Å². The quantitative estimate of drug-likeness (QED) is 0.466. The van der Waals surface area contributed by atoms with E-state index in [1.54, 1.807) is 6.92 Å². The molecule has 9 heteroatoms. The number of aromatic nitrogens is 1. The number of hydrogen-bond donors (Lipinski definition) is 2. The number of amides is 2. The number of carboxylic acid groups (broad SMARTS) is 1. The number of alkyl carbamates (subject to hydrolysis) is 1. The third-order valence-electron chi connectivity index (χ3n) is 6.20. The Kier molecular flexibility index (Phi) is 7.16. The van der Waals surface area contributed by atoms with Gasteiger partial charge in [-0.3, -0.25) is 4.79 Å². The zero-order valence-corrected chi connectivity index (χ0v) is 20.6.